The van der Waals surface area contributed by atoms with Crippen molar-refractivity contribution in [2.45, 2.75) is 19.4 Å². The number of hydrogen-bond donors (Lipinski definition) is 0. The maximum Gasteiger partial charge on any atom is 0.261 e. The van der Waals surface area contributed by atoms with E-state index in [9.17, 15) is 9.59 Å². The van der Waals surface area contributed by atoms with Crippen LogP contribution in [0.25, 0.3) is 6.08 Å². The number of imide groups is 1. The van der Waals surface area contributed by atoms with Crippen molar-refractivity contribution in [1.82, 2.24) is 0 Å². The number of anilines is 2. The van der Waals surface area contributed by atoms with Crippen LogP contribution in [0.5, 0.6) is 0 Å². The molecule has 0 N–H and O–H groups in total. The summed E-state index contributed by atoms with van der Waals surface area (Å²) in [6.07, 6.45) is 2.87. The topological polar surface area (TPSA) is 40.6 Å². The van der Waals surface area contributed by atoms with Gasteiger partial charge in [-0.15, -0.1) is 0 Å². The summed E-state index contributed by atoms with van der Waals surface area (Å²) in [5, 5.41) is 0. The summed E-state index contributed by atoms with van der Waals surface area (Å²) in [5.74, 6) is -0.877. The van der Waals surface area contributed by atoms with Crippen molar-refractivity contribution in [2.24, 2.45) is 5.92 Å². The Morgan fingerprint density at radius 3 is 2.52 bits per heavy atom. The highest BCUT2D eigenvalue weighted by atomic mass is 16.2. The van der Waals surface area contributed by atoms with Crippen LogP contribution in [0.3, 0.4) is 0 Å². The van der Waals surface area contributed by atoms with Gasteiger partial charge in [0.05, 0.1) is 17.6 Å². The lowest BCUT2D eigenvalue weighted by molar-refractivity contribution is -0.122. The summed E-state index contributed by atoms with van der Waals surface area (Å²) in [4.78, 5) is 31.1. The van der Waals surface area contributed by atoms with Crippen molar-refractivity contribution in [2.75, 3.05) is 16.3 Å². The molecule has 0 saturated carbocycles. The second-order valence-corrected chi connectivity index (χ2v) is 8.54. The molecule has 0 spiro atoms. The fraction of sp³-hybridized carbons (Fsp3) is 0.185. The van der Waals surface area contributed by atoms with Crippen molar-refractivity contribution < 1.29 is 9.59 Å². The Hall–Kier alpha value is -3.66. The maximum atomic E-state index is 13.8. The van der Waals surface area contributed by atoms with E-state index >= 15 is 0 Å². The van der Waals surface area contributed by atoms with Gasteiger partial charge in [0.1, 0.15) is 0 Å². The molecular formula is C27H22N2O2. The number of carbonyl (C=O) groups excluding carboxylic acids is 2. The van der Waals surface area contributed by atoms with Crippen molar-refractivity contribution in [3.8, 4) is 0 Å². The number of fused-ring (bicyclic) bond motifs is 7. The average Bonchev–Trinajstić information content (AvgIpc) is 2.94. The molecule has 0 aromatic heterocycles. The molecule has 6 rings (SSSR count). The molecule has 3 aliphatic heterocycles. The minimum atomic E-state index is -0.527. The number of benzene rings is 3. The fourth-order valence-electron chi connectivity index (χ4n) is 5.35. The molecule has 0 bridgehead atoms. The number of nitrogens with zero attached hydrogens (tertiary/aromatic N) is 2. The van der Waals surface area contributed by atoms with E-state index in [0.29, 0.717) is 11.3 Å². The highest BCUT2D eigenvalue weighted by molar-refractivity contribution is 6.31. The van der Waals surface area contributed by atoms with Crippen LogP contribution >= 0.6 is 0 Å². The third-order valence-corrected chi connectivity index (χ3v) is 6.74. The predicted octanol–water partition coefficient (Wildman–Crippen LogP) is 4.69. The fourth-order valence-corrected chi connectivity index (χ4v) is 5.35. The number of amides is 2. The Morgan fingerprint density at radius 2 is 1.68 bits per heavy atom. The van der Waals surface area contributed by atoms with Crippen molar-refractivity contribution in [3.63, 3.8) is 0 Å². The largest absolute Gasteiger partial charge is 0.363 e. The van der Waals surface area contributed by atoms with E-state index in [4.69, 9.17) is 0 Å². The van der Waals surface area contributed by atoms with E-state index in [2.05, 4.69) is 36.1 Å². The first-order valence-corrected chi connectivity index (χ1v) is 10.7. The molecule has 3 aromatic carbocycles. The zero-order valence-electron chi connectivity index (χ0n) is 17.3. The number of para-hydroxylation sites is 2. The van der Waals surface area contributed by atoms with Crippen LogP contribution in [0, 0.1) is 12.8 Å². The zero-order valence-corrected chi connectivity index (χ0v) is 17.3. The van der Waals surface area contributed by atoms with Crippen LogP contribution < -0.4 is 9.80 Å². The Morgan fingerprint density at radius 1 is 0.903 bits per heavy atom. The second kappa shape index (κ2) is 6.67. The van der Waals surface area contributed by atoms with Crippen LogP contribution in [0.4, 0.5) is 11.4 Å². The minimum Gasteiger partial charge on any atom is -0.363 e. The highest BCUT2D eigenvalue weighted by Crippen LogP contribution is 2.49. The van der Waals surface area contributed by atoms with Gasteiger partial charge in [0.25, 0.3) is 5.91 Å². The molecule has 2 amide bonds. The maximum absolute atomic E-state index is 13.8. The van der Waals surface area contributed by atoms with Crippen LogP contribution in [0.2, 0.25) is 0 Å². The third-order valence-electron chi connectivity index (χ3n) is 6.74. The summed E-state index contributed by atoms with van der Waals surface area (Å²) < 4.78 is 0. The smallest absolute Gasteiger partial charge is 0.261 e. The van der Waals surface area contributed by atoms with Gasteiger partial charge in [-0.05, 0) is 54.3 Å². The summed E-state index contributed by atoms with van der Waals surface area (Å²) in [6.45, 7) is 2.90. The number of aryl methyl sites for hydroxylation is 1. The summed E-state index contributed by atoms with van der Waals surface area (Å²) in [5.41, 5.74) is 6.90. The standard InChI is InChI=1S/C27H22N2O2/c1-17-11-12-18-13-14-28-23-10-6-5-7-19(23)16-22-24(25(28)21(18)15-17)27(31)29(26(22)30)20-8-3-2-4-9-20/h2-12,15-16,24-25H,13-14H2,1H3. The molecule has 3 aromatic rings. The monoisotopic (exact) mass is 406 g/mol. The zero-order chi connectivity index (χ0) is 21.1. The molecule has 1 fully saturated rings. The predicted molar refractivity (Wildman–Crippen MR) is 122 cm³/mol. The summed E-state index contributed by atoms with van der Waals surface area (Å²) in [6, 6.07) is 23.7. The van der Waals surface area contributed by atoms with E-state index in [-0.39, 0.29) is 17.9 Å². The lowest BCUT2D eigenvalue weighted by Gasteiger charge is -2.41. The van der Waals surface area contributed by atoms with Gasteiger partial charge in [-0.2, -0.15) is 0 Å². The van der Waals surface area contributed by atoms with Crippen LogP contribution in [-0.2, 0) is 16.0 Å². The molecule has 2 unspecified atom stereocenters. The normalized spacial score (nSPS) is 21.6. The van der Waals surface area contributed by atoms with Crippen molar-refractivity contribution in [3.05, 3.63) is 101 Å². The van der Waals surface area contributed by atoms with Gasteiger partial charge in [-0.1, -0.05) is 60.2 Å². The van der Waals surface area contributed by atoms with E-state index in [1.54, 1.807) is 0 Å². The molecule has 4 heteroatoms. The first kappa shape index (κ1) is 18.1. The second-order valence-electron chi connectivity index (χ2n) is 8.54. The molecule has 3 aliphatic rings. The van der Waals surface area contributed by atoms with Crippen molar-refractivity contribution in [1.29, 1.82) is 0 Å². The molecule has 3 heterocycles. The molecular weight excluding hydrogens is 384 g/mol. The number of carbonyl (C=O) groups is 2. The van der Waals surface area contributed by atoms with Gasteiger partial charge in [0.15, 0.2) is 0 Å². The van der Waals surface area contributed by atoms with Gasteiger partial charge in [0, 0.05) is 17.8 Å². The highest BCUT2D eigenvalue weighted by Gasteiger charge is 2.52. The molecule has 152 valence electrons. The van der Waals surface area contributed by atoms with Crippen LogP contribution in [0.15, 0.2) is 78.4 Å². The number of hydrogen-bond acceptors (Lipinski definition) is 3. The van der Waals surface area contributed by atoms with E-state index < -0.39 is 5.92 Å². The minimum absolute atomic E-state index is 0.139. The SMILES string of the molecule is Cc1ccc2c(c1)C1C3C(=O)N(c4ccccc4)C(=O)C3=Cc3ccccc3N1CC2. The van der Waals surface area contributed by atoms with Gasteiger partial charge in [-0.25, -0.2) is 4.90 Å². The summed E-state index contributed by atoms with van der Waals surface area (Å²) >= 11 is 0. The van der Waals surface area contributed by atoms with E-state index in [1.807, 2.05) is 54.6 Å². The Balaban J connectivity index is 1.60. The lowest BCUT2D eigenvalue weighted by atomic mass is 9.81. The lowest BCUT2D eigenvalue weighted by Crippen LogP contribution is -2.42. The summed E-state index contributed by atoms with van der Waals surface area (Å²) in [7, 11) is 0. The molecule has 4 nitrogen and oxygen atoms in total. The first-order valence-electron chi connectivity index (χ1n) is 10.7. The quantitative estimate of drug-likeness (QED) is 0.551. The van der Waals surface area contributed by atoms with Gasteiger partial charge in [0.2, 0.25) is 5.91 Å². The van der Waals surface area contributed by atoms with E-state index in [0.717, 1.165) is 29.8 Å². The Bertz CT molecular complexity index is 1260. The van der Waals surface area contributed by atoms with Gasteiger partial charge in [-0.3, -0.25) is 9.59 Å². The van der Waals surface area contributed by atoms with Crippen LogP contribution in [-0.4, -0.2) is 18.4 Å². The molecule has 0 aliphatic carbocycles. The van der Waals surface area contributed by atoms with Gasteiger partial charge >= 0.3 is 0 Å². The van der Waals surface area contributed by atoms with Crippen LogP contribution in [0.1, 0.15) is 28.3 Å². The molecule has 0 radical (unpaired) electrons. The average molecular weight is 406 g/mol. The van der Waals surface area contributed by atoms with Crippen molar-refractivity contribution >= 4 is 29.3 Å². The number of rotatable bonds is 1. The third kappa shape index (κ3) is 2.61. The molecule has 2 atom stereocenters. The Kier molecular flexibility index (Phi) is 3.90. The first-order chi connectivity index (χ1) is 15.1. The molecule has 1 saturated heterocycles. The van der Waals surface area contributed by atoms with E-state index in [1.165, 1.54) is 16.0 Å². The van der Waals surface area contributed by atoms with Gasteiger partial charge < -0.3 is 4.90 Å². The molecule has 31 heavy (non-hydrogen) atoms. The Labute approximate surface area is 181 Å².